The monoisotopic (exact) mass is 195 g/mol. The lowest BCUT2D eigenvalue weighted by Gasteiger charge is -2.02. The van der Waals surface area contributed by atoms with Crippen LogP contribution in [-0.4, -0.2) is 12.9 Å². The summed E-state index contributed by atoms with van der Waals surface area (Å²) >= 11 is 0. The number of primary amides is 1. The van der Waals surface area contributed by atoms with Crippen molar-refractivity contribution in [3.63, 3.8) is 0 Å². The van der Waals surface area contributed by atoms with Crippen LogP contribution in [-0.2, 0) is 11.3 Å². The van der Waals surface area contributed by atoms with Crippen LogP contribution in [0, 0.1) is 0 Å². The zero-order valence-electron chi connectivity index (χ0n) is 7.36. The van der Waals surface area contributed by atoms with E-state index in [4.69, 9.17) is 15.2 Å². The van der Waals surface area contributed by atoms with Gasteiger partial charge in [0.2, 0.25) is 6.79 Å². The lowest BCUT2D eigenvalue weighted by atomic mass is 10.2. The average molecular weight is 195 g/mol. The van der Waals surface area contributed by atoms with E-state index in [1.165, 1.54) is 0 Å². The van der Waals surface area contributed by atoms with Crippen LogP contribution >= 0.6 is 0 Å². The third-order valence-electron chi connectivity index (χ3n) is 1.82. The molecule has 1 aliphatic heterocycles. The van der Waals surface area contributed by atoms with Crippen molar-refractivity contribution < 1.29 is 19.0 Å². The molecule has 14 heavy (non-hydrogen) atoms. The number of nitrogens with two attached hydrogens (primary N) is 1. The van der Waals surface area contributed by atoms with E-state index in [-0.39, 0.29) is 13.4 Å². The first-order valence-corrected chi connectivity index (χ1v) is 4.06. The first-order valence-electron chi connectivity index (χ1n) is 4.06. The van der Waals surface area contributed by atoms with E-state index in [1.54, 1.807) is 18.2 Å². The second-order valence-corrected chi connectivity index (χ2v) is 2.80. The summed E-state index contributed by atoms with van der Waals surface area (Å²) in [6, 6.07) is 5.31. The van der Waals surface area contributed by atoms with Crippen molar-refractivity contribution in [3.8, 4) is 11.5 Å². The number of carbonyl (C=O) groups excluding carboxylic acids is 1. The maximum absolute atomic E-state index is 10.4. The lowest BCUT2D eigenvalue weighted by molar-refractivity contribution is 0.150. The zero-order valence-corrected chi connectivity index (χ0v) is 7.36. The Labute approximate surface area is 80.4 Å². The topological polar surface area (TPSA) is 70.8 Å². The summed E-state index contributed by atoms with van der Waals surface area (Å²) in [5.74, 6) is 1.36. The summed E-state index contributed by atoms with van der Waals surface area (Å²) in [6.07, 6.45) is -0.789. The fourth-order valence-corrected chi connectivity index (χ4v) is 1.19. The molecule has 2 N–H and O–H groups in total. The highest BCUT2D eigenvalue weighted by molar-refractivity contribution is 5.64. The van der Waals surface area contributed by atoms with Crippen LogP contribution in [0.5, 0.6) is 11.5 Å². The van der Waals surface area contributed by atoms with E-state index in [2.05, 4.69) is 4.74 Å². The van der Waals surface area contributed by atoms with Crippen molar-refractivity contribution in [1.29, 1.82) is 0 Å². The molecule has 0 unspecified atom stereocenters. The lowest BCUT2D eigenvalue weighted by Crippen LogP contribution is -2.12. The Morgan fingerprint density at radius 2 is 2.21 bits per heavy atom. The molecule has 0 fully saturated rings. The molecule has 0 spiro atoms. The third-order valence-corrected chi connectivity index (χ3v) is 1.82. The minimum atomic E-state index is -0.789. The minimum absolute atomic E-state index is 0.145. The van der Waals surface area contributed by atoms with E-state index >= 15 is 0 Å². The summed E-state index contributed by atoms with van der Waals surface area (Å²) in [7, 11) is 0. The maximum Gasteiger partial charge on any atom is 0.404 e. The molecule has 1 heterocycles. The number of hydrogen-bond donors (Lipinski definition) is 1. The van der Waals surface area contributed by atoms with E-state index in [1.807, 2.05) is 0 Å². The van der Waals surface area contributed by atoms with Gasteiger partial charge in [0.25, 0.3) is 0 Å². The van der Waals surface area contributed by atoms with Gasteiger partial charge in [-0.05, 0) is 17.7 Å². The Balaban J connectivity index is 2.09. The highest BCUT2D eigenvalue weighted by atomic mass is 16.7. The van der Waals surface area contributed by atoms with Gasteiger partial charge in [0.15, 0.2) is 11.5 Å². The Hall–Kier alpha value is -1.91. The number of rotatable bonds is 2. The van der Waals surface area contributed by atoms with Gasteiger partial charge >= 0.3 is 6.09 Å². The second kappa shape index (κ2) is 3.45. The van der Waals surface area contributed by atoms with Crippen molar-refractivity contribution in [1.82, 2.24) is 0 Å². The second-order valence-electron chi connectivity index (χ2n) is 2.80. The predicted octanol–water partition coefficient (Wildman–Crippen LogP) is 1.01. The molecule has 5 heteroatoms. The van der Waals surface area contributed by atoms with E-state index < -0.39 is 6.09 Å². The van der Waals surface area contributed by atoms with E-state index in [0.717, 1.165) is 5.56 Å². The van der Waals surface area contributed by atoms with Gasteiger partial charge in [-0.3, -0.25) is 0 Å². The van der Waals surface area contributed by atoms with Crippen molar-refractivity contribution in [2.75, 3.05) is 6.79 Å². The number of ether oxygens (including phenoxy) is 3. The first-order chi connectivity index (χ1) is 6.75. The van der Waals surface area contributed by atoms with Gasteiger partial charge in [-0.2, -0.15) is 0 Å². The molecule has 1 amide bonds. The number of hydrogen-bond acceptors (Lipinski definition) is 4. The van der Waals surface area contributed by atoms with Crippen LogP contribution in [0.15, 0.2) is 18.2 Å². The van der Waals surface area contributed by atoms with Crippen molar-refractivity contribution in [2.24, 2.45) is 5.73 Å². The Morgan fingerprint density at radius 1 is 1.43 bits per heavy atom. The minimum Gasteiger partial charge on any atom is -0.454 e. The third kappa shape index (κ3) is 1.71. The molecule has 74 valence electrons. The van der Waals surface area contributed by atoms with Gasteiger partial charge in [0, 0.05) is 0 Å². The SMILES string of the molecule is NC(=O)OCc1ccc2c(c1)OCO2. The summed E-state index contributed by atoms with van der Waals surface area (Å²) in [6.45, 7) is 0.376. The maximum atomic E-state index is 10.4. The highest BCUT2D eigenvalue weighted by Crippen LogP contribution is 2.32. The van der Waals surface area contributed by atoms with Crippen LogP contribution < -0.4 is 15.2 Å². The van der Waals surface area contributed by atoms with Crippen LogP contribution in [0.2, 0.25) is 0 Å². The van der Waals surface area contributed by atoms with Gasteiger partial charge in [0.1, 0.15) is 6.61 Å². The van der Waals surface area contributed by atoms with Crippen molar-refractivity contribution >= 4 is 6.09 Å². The van der Waals surface area contributed by atoms with Crippen LogP contribution in [0.1, 0.15) is 5.56 Å². The van der Waals surface area contributed by atoms with Gasteiger partial charge in [0.05, 0.1) is 0 Å². The fourth-order valence-electron chi connectivity index (χ4n) is 1.19. The van der Waals surface area contributed by atoms with Crippen molar-refractivity contribution in [2.45, 2.75) is 6.61 Å². The van der Waals surface area contributed by atoms with Gasteiger partial charge in [-0.25, -0.2) is 4.79 Å². The standard InChI is InChI=1S/C9H9NO4/c10-9(11)12-4-6-1-2-7-8(3-6)14-5-13-7/h1-3H,4-5H2,(H2,10,11). The average Bonchev–Trinajstić information content (AvgIpc) is 2.61. The molecule has 0 aromatic heterocycles. The van der Waals surface area contributed by atoms with Gasteiger partial charge in [-0.1, -0.05) is 6.07 Å². The summed E-state index contributed by atoms with van der Waals surface area (Å²) in [4.78, 5) is 10.4. The molecule has 0 aliphatic carbocycles. The molecule has 0 atom stereocenters. The fraction of sp³-hybridized carbons (Fsp3) is 0.222. The molecule has 2 rings (SSSR count). The Bertz CT molecular complexity index is 364. The van der Waals surface area contributed by atoms with E-state index in [9.17, 15) is 4.79 Å². The Morgan fingerprint density at radius 3 is 3.00 bits per heavy atom. The number of amides is 1. The van der Waals surface area contributed by atoms with Crippen LogP contribution in [0.3, 0.4) is 0 Å². The smallest absolute Gasteiger partial charge is 0.404 e. The number of fused-ring (bicyclic) bond motifs is 1. The Kier molecular flexibility index (Phi) is 2.14. The molecule has 1 aromatic rings. The largest absolute Gasteiger partial charge is 0.454 e. The molecule has 1 aromatic carbocycles. The molecule has 1 aliphatic rings. The zero-order chi connectivity index (χ0) is 9.97. The van der Waals surface area contributed by atoms with Crippen molar-refractivity contribution in [3.05, 3.63) is 23.8 Å². The summed E-state index contributed by atoms with van der Waals surface area (Å²) in [5.41, 5.74) is 5.65. The molecular weight excluding hydrogens is 186 g/mol. The molecule has 5 nitrogen and oxygen atoms in total. The van der Waals surface area contributed by atoms with Gasteiger partial charge < -0.3 is 19.9 Å². The quantitative estimate of drug-likeness (QED) is 0.764. The molecule has 0 saturated heterocycles. The number of benzene rings is 1. The highest BCUT2D eigenvalue weighted by Gasteiger charge is 2.13. The molecule has 0 bridgehead atoms. The molecule has 0 saturated carbocycles. The first kappa shape index (κ1) is 8.68. The van der Waals surface area contributed by atoms with E-state index in [0.29, 0.717) is 11.5 Å². The van der Waals surface area contributed by atoms with Gasteiger partial charge in [-0.15, -0.1) is 0 Å². The summed E-state index contributed by atoms with van der Waals surface area (Å²) < 4.78 is 14.9. The predicted molar refractivity (Wildman–Crippen MR) is 46.9 cm³/mol. The summed E-state index contributed by atoms with van der Waals surface area (Å²) in [5, 5.41) is 0. The molecule has 0 radical (unpaired) electrons. The molecular formula is C9H9NO4. The van der Waals surface area contributed by atoms with Crippen LogP contribution in [0.4, 0.5) is 4.79 Å². The normalized spacial score (nSPS) is 12.6. The number of carbonyl (C=O) groups is 1. The van der Waals surface area contributed by atoms with Crippen LogP contribution in [0.25, 0.3) is 0 Å².